The van der Waals surface area contributed by atoms with Gasteiger partial charge in [-0.1, -0.05) is 19.8 Å². The molecule has 1 aliphatic heterocycles. The zero-order chi connectivity index (χ0) is 12.5. The number of carbonyl (C=O) groups is 1. The van der Waals surface area contributed by atoms with Crippen LogP contribution in [-0.2, 0) is 14.3 Å². The summed E-state index contributed by atoms with van der Waals surface area (Å²) in [7, 11) is 0. The quantitative estimate of drug-likeness (QED) is 0.572. The van der Waals surface area contributed by atoms with E-state index >= 15 is 0 Å². The van der Waals surface area contributed by atoms with Gasteiger partial charge in [0.2, 0.25) is 0 Å². The average molecular weight is 252 g/mol. The van der Waals surface area contributed by atoms with Gasteiger partial charge in [0.25, 0.3) is 0 Å². The summed E-state index contributed by atoms with van der Waals surface area (Å²) in [4.78, 5) is 12.0. The molecule has 1 saturated heterocycles. The van der Waals surface area contributed by atoms with Crippen LogP contribution in [0.25, 0.3) is 0 Å². The number of hydrogen-bond donors (Lipinski definition) is 0. The monoisotopic (exact) mass is 252 g/mol. The van der Waals surface area contributed by atoms with Gasteiger partial charge in [0.15, 0.2) is 0 Å². The minimum absolute atomic E-state index is 0.0559. The fourth-order valence-corrected chi connectivity index (χ4v) is 3.60. The molecule has 0 bridgehead atoms. The highest BCUT2D eigenvalue weighted by atomic mass is 16.6. The molecule has 5 atom stereocenters. The first-order valence-electron chi connectivity index (χ1n) is 7.54. The maximum atomic E-state index is 12.0. The van der Waals surface area contributed by atoms with E-state index in [4.69, 9.17) is 9.47 Å². The lowest BCUT2D eigenvalue weighted by atomic mass is 9.82. The summed E-state index contributed by atoms with van der Waals surface area (Å²) in [5, 5.41) is 0. The lowest BCUT2D eigenvalue weighted by molar-refractivity contribution is -0.151. The molecule has 3 rings (SSSR count). The third-order valence-electron chi connectivity index (χ3n) is 4.84. The summed E-state index contributed by atoms with van der Waals surface area (Å²) >= 11 is 0. The van der Waals surface area contributed by atoms with Crippen LogP contribution in [0.15, 0.2) is 0 Å². The third kappa shape index (κ3) is 2.87. The first-order valence-corrected chi connectivity index (χ1v) is 7.54. The predicted octanol–water partition coefficient (Wildman–Crippen LogP) is 2.92. The molecule has 3 aliphatic rings. The van der Waals surface area contributed by atoms with E-state index in [9.17, 15) is 4.79 Å². The van der Waals surface area contributed by atoms with Crippen molar-refractivity contribution in [2.24, 2.45) is 17.8 Å². The Morgan fingerprint density at radius 3 is 2.83 bits per heavy atom. The Labute approximate surface area is 109 Å². The van der Waals surface area contributed by atoms with E-state index in [-0.39, 0.29) is 11.9 Å². The van der Waals surface area contributed by atoms with E-state index in [1.165, 1.54) is 12.8 Å². The molecule has 0 aromatic heterocycles. The minimum atomic E-state index is 0.0559. The molecule has 3 fully saturated rings. The molecule has 5 unspecified atom stereocenters. The molecular formula is C15H24O3. The van der Waals surface area contributed by atoms with Crippen molar-refractivity contribution >= 4 is 5.97 Å². The number of epoxide rings is 1. The van der Waals surface area contributed by atoms with Gasteiger partial charge in [0, 0.05) is 0 Å². The molecule has 3 heteroatoms. The van der Waals surface area contributed by atoms with Gasteiger partial charge in [0.05, 0.1) is 24.7 Å². The van der Waals surface area contributed by atoms with Crippen LogP contribution in [-0.4, -0.2) is 24.8 Å². The summed E-state index contributed by atoms with van der Waals surface area (Å²) in [5.74, 6) is 1.45. The van der Waals surface area contributed by atoms with Crippen molar-refractivity contribution in [3.8, 4) is 0 Å². The lowest BCUT2D eigenvalue weighted by Crippen LogP contribution is -2.27. The second-order valence-corrected chi connectivity index (χ2v) is 6.49. The van der Waals surface area contributed by atoms with E-state index in [0.29, 0.717) is 30.7 Å². The van der Waals surface area contributed by atoms with Crippen molar-refractivity contribution in [1.82, 2.24) is 0 Å². The number of rotatable bonds is 3. The first-order chi connectivity index (χ1) is 8.72. The second-order valence-electron chi connectivity index (χ2n) is 6.49. The largest absolute Gasteiger partial charge is 0.465 e. The minimum Gasteiger partial charge on any atom is -0.465 e. The fraction of sp³-hybridized carbons (Fsp3) is 0.933. The summed E-state index contributed by atoms with van der Waals surface area (Å²) in [5.41, 5.74) is 0. The molecule has 3 nitrogen and oxygen atoms in total. The Hall–Kier alpha value is -0.570. The zero-order valence-corrected chi connectivity index (χ0v) is 11.3. The molecular weight excluding hydrogens is 228 g/mol. The number of carbonyl (C=O) groups excluding carboxylic acids is 1. The highest BCUT2D eigenvalue weighted by molar-refractivity contribution is 5.72. The van der Waals surface area contributed by atoms with Crippen LogP contribution in [0.5, 0.6) is 0 Å². The first kappa shape index (κ1) is 12.5. The van der Waals surface area contributed by atoms with Gasteiger partial charge in [-0.25, -0.2) is 0 Å². The Morgan fingerprint density at radius 1 is 1.17 bits per heavy atom. The summed E-state index contributed by atoms with van der Waals surface area (Å²) in [6.45, 7) is 2.86. The SMILES string of the molecule is CC1CCCC(C(=O)OCC2CCC3OC3C2)C1. The van der Waals surface area contributed by atoms with E-state index in [1.807, 2.05) is 0 Å². The standard InChI is InChI=1S/C15H24O3/c1-10-3-2-4-12(7-10)15(16)17-9-11-5-6-13-14(8-11)18-13/h10-14H,2-9H2,1H3. The summed E-state index contributed by atoms with van der Waals surface area (Å²) in [6.07, 6.45) is 8.95. The van der Waals surface area contributed by atoms with Gasteiger partial charge in [-0.05, 0) is 43.9 Å². The summed E-state index contributed by atoms with van der Waals surface area (Å²) < 4.78 is 11.0. The number of fused-ring (bicyclic) bond motifs is 1. The van der Waals surface area contributed by atoms with Gasteiger partial charge in [-0.15, -0.1) is 0 Å². The maximum Gasteiger partial charge on any atom is 0.308 e. The van der Waals surface area contributed by atoms with Crippen molar-refractivity contribution in [2.75, 3.05) is 6.61 Å². The molecule has 0 spiro atoms. The van der Waals surface area contributed by atoms with Crippen LogP contribution < -0.4 is 0 Å². The highest BCUT2D eigenvalue weighted by Gasteiger charge is 2.44. The molecule has 2 aliphatic carbocycles. The van der Waals surface area contributed by atoms with E-state index < -0.39 is 0 Å². The third-order valence-corrected chi connectivity index (χ3v) is 4.84. The Morgan fingerprint density at radius 2 is 2.06 bits per heavy atom. The Balaban J connectivity index is 1.40. The van der Waals surface area contributed by atoms with Gasteiger partial charge in [-0.3, -0.25) is 4.79 Å². The van der Waals surface area contributed by atoms with E-state index in [2.05, 4.69) is 6.92 Å². The summed E-state index contributed by atoms with van der Waals surface area (Å²) in [6, 6.07) is 0. The fourth-order valence-electron chi connectivity index (χ4n) is 3.60. The Bertz CT molecular complexity index is 315. The molecule has 102 valence electrons. The molecule has 18 heavy (non-hydrogen) atoms. The van der Waals surface area contributed by atoms with E-state index in [0.717, 1.165) is 32.1 Å². The van der Waals surface area contributed by atoms with Gasteiger partial charge in [0.1, 0.15) is 0 Å². The second kappa shape index (κ2) is 5.20. The normalized spacial score (nSPS) is 43.1. The van der Waals surface area contributed by atoms with Crippen molar-refractivity contribution in [2.45, 2.75) is 64.1 Å². The average Bonchev–Trinajstić information content (AvgIpc) is 3.14. The lowest BCUT2D eigenvalue weighted by Gasteiger charge is -2.26. The van der Waals surface area contributed by atoms with Crippen molar-refractivity contribution in [3.63, 3.8) is 0 Å². The molecule has 0 radical (unpaired) electrons. The number of esters is 1. The topological polar surface area (TPSA) is 38.8 Å². The molecule has 0 aromatic carbocycles. The predicted molar refractivity (Wildman–Crippen MR) is 68.1 cm³/mol. The van der Waals surface area contributed by atoms with Crippen molar-refractivity contribution in [3.05, 3.63) is 0 Å². The van der Waals surface area contributed by atoms with Crippen LogP contribution >= 0.6 is 0 Å². The van der Waals surface area contributed by atoms with Crippen LogP contribution in [0.2, 0.25) is 0 Å². The maximum absolute atomic E-state index is 12.0. The molecule has 0 amide bonds. The van der Waals surface area contributed by atoms with Crippen molar-refractivity contribution < 1.29 is 14.3 Å². The van der Waals surface area contributed by atoms with Gasteiger partial charge < -0.3 is 9.47 Å². The number of ether oxygens (including phenoxy) is 2. The Kier molecular flexibility index (Phi) is 3.60. The smallest absolute Gasteiger partial charge is 0.308 e. The molecule has 2 saturated carbocycles. The number of hydrogen-bond acceptors (Lipinski definition) is 3. The molecule has 0 N–H and O–H groups in total. The van der Waals surface area contributed by atoms with Gasteiger partial charge >= 0.3 is 5.97 Å². The van der Waals surface area contributed by atoms with Crippen molar-refractivity contribution in [1.29, 1.82) is 0 Å². The highest BCUT2D eigenvalue weighted by Crippen LogP contribution is 2.39. The molecule has 0 aromatic rings. The van der Waals surface area contributed by atoms with Gasteiger partial charge in [-0.2, -0.15) is 0 Å². The van der Waals surface area contributed by atoms with Crippen LogP contribution in [0.3, 0.4) is 0 Å². The van der Waals surface area contributed by atoms with Crippen LogP contribution in [0.4, 0.5) is 0 Å². The van der Waals surface area contributed by atoms with Crippen LogP contribution in [0, 0.1) is 17.8 Å². The zero-order valence-electron chi connectivity index (χ0n) is 11.3. The molecule has 1 heterocycles. The van der Waals surface area contributed by atoms with E-state index in [1.54, 1.807) is 0 Å². The van der Waals surface area contributed by atoms with Crippen LogP contribution in [0.1, 0.15) is 51.9 Å².